The number of carbonyl (C=O) groups is 2. The maximum atomic E-state index is 12.1. The summed E-state index contributed by atoms with van der Waals surface area (Å²) in [5, 5.41) is 5.75. The number of aryl methyl sites for hydroxylation is 1. The number of hydrogen-bond acceptors (Lipinski definition) is 3. The van der Waals surface area contributed by atoms with Crippen molar-refractivity contribution in [2.75, 3.05) is 11.1 Å². The highest BCUT2D eigenvalue weighted by molar-refractivity contribution is 8.00. The third kappa shape index (κ3) is 6.63. The van der Waals surface area contributed by atoms with E-state index in [9.17, 15) is 9.59 Å². The minimum Gasteiger partial charge on any atom is -0.347 e. The monoisotopic (exact) mass is 356 g/mol. The van der Waals surface area contributed by atoms with E-state index < -0.39 is 0 Å². The van der Waals surface area contributed by atoms with Crippen LogP contribution < -0.4 is 10.6 Å². The molecule has 5 heteroatoms. The van der Waals surface area contributed by atoms with E-state index in [-0.39, 0.29) is 17.4 Å². The van der Waals surface area contributed by atoms with Gasteiger partial charge in [-0.3, -0.25) is 9.59 Å². The second kappa shape index (κ2) is 8.21. The fraction of sp³-hybridized carbons (Fsp3) is 0.300. The van der Waals surface area contributed by atoms with Gasteiger partial charge in [0.1, 0.15) is 0 Å². The van der Waals surface area contributed by atoms with Crippen molar-refractivity contribution < 1.29 is 9.59 Å². The second-order valence-electron chi connectivity index (χ2n) is 6.93. The van der Waals surface area contributed by atoms with Crippen LogP contribution in [0.4, 0.5) is 5.69 Å². The summed E-state index contributed by atoms with van der Waals surface area (Å²) in [6, 6.07) is 15.0. The molecule has 0 radical (unpaired) electrons. The Morgan fingerprint density at radius 1 is 0.960 bits per heavy atom. The van der Waals surface area contributed by atoms with Gasteiger partial charge in [-0.2, -0.15) is 0 Å². The second-order valence-corrected chi connectivity index (χ2v) is 7.98. The zero-order valence-corrected chi connectivity index (χ0v) is 15.9. The van der Waals surface area contributed by atoms with Gasteiger partial charge in [0.25, 0.3) is 5.91 Å². The third-order valence-corrected chi connectivity index (χ3v) is 4.32. The first kappa shape index (κ1) is 19.1. The van der Waals surface area contributed by atoms with Gasteiger partial charge in [-0.25, -0.2) is 0 Å². The molecule has 0 aliphatic rings. The highest BCUT2D eigenvalue weighted by Gasteiger charge is 2.15. The van der Waals surface area contributed by atoms with Gasteiger partial charge in [-0.05, 0) is 64.1 Å². The van der Waals surface area contributed by atoms with Crippen molar-refractivity contribution in [3.63, 3.8) is 0 Å². The average Bonchev–Trinajstić information content (AvgIpc) is 2.53. The molecule has 0 saturated carbocycles. The predicted octanol–water partition coefficient (Wildman–Crippen LogP) is 4.25. The molecule has 0 heterocycles. The van der Waals surface area contributed by atoms with Gasteiger partial charge in [-0.15, -0.1) is 11.8 Å². The van der Waals surface area contributed by atoms with Gasteiger partial charge in [0, 0.05) is 21.7 Å². The lowest BCUT2D eigenvalue weighted by Gasteiger charge is -2.20. The Hall–Kier alpha value is -2.27. The van der Waals surface area contributed by atoms with E-state index in [2.05, 4.69) is 10.6 Å². The van der Waals surface area contributed by atoms with E-state index >= 15 is 0 Å². The Balaban J connectivity index is 1.86. The van der Waals surface area contributed by atoms with Crippen LogP contribution in [0.2, 0.25) is 0 Å². The van der Waals surface area contributed by atoms with Crippen molar-refractivity contribution in [2.24, 2.45) is 0 Å². The lowest BCUT2D eigenvalue weighted by molar-refractivity contribution is -0.113. The highest BCUT2D eigenvalue weighted by Crippen LogP contribution is 2.19. The summed E-state index contributed by atoms with van der Waals surface area (Å²) in [6.07, 6.45) is 0. The van der Waals surface area contributed by atoms with Crippen LogP contribution in [0.5, 0.6) is 0 Å². The van der Waals surface area contributed by atoms with E-state index in [1.54, 1.807) is 24.3 Å². The quantitative estimate of drug-likeness (QED) is 0.787. The van der Waals surface area contributed by atoms with Crippen LogP contribution >= 0.6 is 11.8 Å². The van der Waals surface area contributed by atoms with Gasteiger partial charge in [0.2, 0.25) is 5.91 Å². The number of hydrogen-bond donors (Lipinski definition) is 2. The zero-order valence-electron chi connectivity index (χ0n) is 15.1. The maximum absolute atomic E-state index is 12.1. The van der Waals surface area contributed by atoms with Gasteiger partial charge in [0.15, 0.2) is 0 Å². The number of amides is 2. The molecule has 2 amide bonds. The Kier molecular flexibility index (Phi) is 6.26. The van der Waals surface area contributed by atoms with Crippen LogP contribution in [-0.2, 0) is 4.79 Å². The lowest BCUT2D eigenvalue weighted by atomic mass is 10.1. The summed E-state index contributed by atoms with van der Waals surface area (Å²) in [7, 11) is 0. The standard InChI is InChI=1S/C20H24N2O2S/c1-14-5-11-17(12-6-14)25-13-18(23)21-16-9-7-15(8-10-16)19(24)22-20(2,3)4/h5-12H,13H2,1-4H3,(H,21,23)(H,22,24). The third-order valence-electron chi connectivity index (χ3n) is 3.31. The molecule has 0 fully saturated rings. The Bertz CT molecular complexity index is 732. The molecule has 0 unspecified atom stereocenters. The molecular weight excluding hydrogens is 332 g/mol. The van der Waals surface area contributed by atoms with E-state index in [1.165, 1.54) is 17.3 Å². The molecule has 0 aliphatic heterocycles. The topological polar surface area (TPSA) is 58.2 Å². The largest absolute Gasteiger partial charge is 0.347 e. The molecular formula is C20H24N2O2S. The lowest BCUT2D eigenvalue weighted by Crippen LogP contribution is -2.40. The molecule has 0 bridgehead atoms. The SMILES string of the molecule is Cc1ccc(SCC(=O)Nc2ccc(C(=O)NC(C)(C)C)cc2)cc1. The number of rotatable bonds is 5. The Morgan fingerprint density at radius 2 is 1.56 bits per heavy atom. The first-order valence-corrected chi connectivity index (χ1v) is 9.13. The molecule has 0 aliphatic carbocycles. The smallest absolute Gasteiger partial charge is 0.251 e. The molecule has 0 spiro atoms. The van der Waals surface area contributed by atoms with Gasteiger partial charge >= 0.3 is 0 Å². The van der Waals surface area contributed by atoms with Crippen LogP contribution in [0.25, 0.3) is 0 Å². The molecule has 0 atom stereocenters. The van der Waals surface area contributed by atoms with Gasteiger partial charge in [0.05, 0.1) is 5.75 Å². The molecule has 132 valence electrons. The van der Waals surface area contributed by atoms with Crippen molar-refractivity contribution in [3.8, 4) is 0 Å². The van der Waals surface area contributed by atoms with Crippen molar-refractivity contribution >= 4 is 29.3 Å². The van der Waals surface area contributed by atoms with Crippen molar-refractivity contribution in [3.05, 3.63) is 59.7 Å². The van der Waals surface area contributed by atoms with Crippen molar-refractivity contribution in [2.45, 2.75) is 38.1 Å². The predicted molar refractivity (Wildman–Crippen MR) is 104 cm³/mol. The molecule has 2 aromatic carbocycles. The first-order valence-electron chi connectivity index (χ1n) is 8.15. The summed E-state index contributed by atoms with van der Waals surface area (Å²) >= 11 is 1.49. The summed E-state index contributed by atoms with van der Waals surface area (Å²) in [6.45, 7) is 7.84. The number of thioether (sulfide) groups is 1. The number of carbonyl (C=O) groups excluding carboxylic acids is 2. The Morgan fingerprint density at radius 3 is 2.12 bits per heavy atom. The minimum absolute atomic E-state index is 0.0718. The van der Waals surface area contributed by atoms with E-state index in [1.807, 2.05) is 52.0 Å². The van der Waals surface area contributed by atoms with Gasteiger partial charge in [-0.1, -0.05) is 17.7 Å². The van der Waals surface area contributed by atoms with Crippen LogP contribution in [0.15, 0.2) is 53.4 Å². The van der Waals surface area contributed by atoms with Crippen molar-refractivity contribution in [1.29, 1.82) is 0 Å². The van der Waals surface area contributed by atoms with Gasteiger partial charge < -0.3 is 10.6 Å². The molecule has 0 saturated heterocycles. The van der Waals surface area contributed by atoms with Crippen LogP contribution in [0, 0.1) is 6.92 Å². The molecule has 2 N–H and O–H groups in total. The van der Waals surface area contributed by atoms with Crippen LogP contribution in [0.3, 0.4) is 0 Å². The minimum atomic E-state index is -0.281. The summed E-state index contributed by atoms with van der Waals surface area (Å²) < 4.78 is 0. The molecule has 2 aromatic rings. The zero-order chi connectivity index (χ0) is 18.4. The average molecular weight is 356 g/mol. The van der Waals surface area contributed by atoms with E-state index in [4.69, 9.17) is 0 Å². The van der Waals surface area contributed by atoms with E-state index in [0.29, 0.717) is 17.0 Å². The molecule has 4 nitrogen and oxygen atoms in total. The molecule has 0 aromatic heterocycles. The molecule has 2 rings (SSSR count). The van der Waals surface area contributed by atoms with Crippen LogP contribution in [0.1, 0.15) is 36.7 Å². The van der Waals surface area contributed by atoms with Crippen molar-refractivity contribution in [1.82, 2.24) is 5.32 Å². The summed E-state index contributed by atoms with van der Waals surface area (Å²) in [4.78, 5) is 25.2. The Labute approximate surface area is 153 Å². The first-order chi connectivity index (χ1) is 11.7. The fourth-order valence-corrected chi connectivity index (χ4v) is 2.80. The fourth-order valence-electron chi connectivity index (χ4n) is 2.10. The summed E-state index contributed by atoms with van der Waals surface area (Å²) in [5.74, 6) is 0.146. The van der Waals surface area contributed by atoms with E-state index in [0.717, 1.165) is 4.90 Å². The molecule has 25 heavy (non-hydrogen) atoms. The van der Waals surface area contributed by atoms with Crippen LogP contribution in [-0.4, -0.2) is 23.1 Å². The highest BCUT2D eigenvalue weighted by atomic mass is 32.2. The normalized spacial score (nSPS) is 11.0. The number of nitrogens with one attached hydrogen (secondary N) is 2. The summed E-state index contributed by atoms with van der Waals surface area (Å²) in [5.41, 5.74) is 2.17. The number of benzene rings is 2. The maximum Gasteiger partial charge on any atom is 0.251 e. The number of anilines is 1.